The Morgan fingerprint density at radius 2 is 1.83 bits per heavy atom. The van der Waals surface area contributed by atoms with Gasteiger partial charge in [0.05, 0.1) is 0 Å². The second-order valence-corrected chi connectivity index (χ2v) is 3.71. The van der Waals surface area contributed by atoms with E-state index >= 15 is 0 Å². The minimum Gasteiger partial charge on any atom is -0.310 e. The van der Waals surface area contributed by atoms with Gasteiger partial charge < -0.3 is 4.90 Å². The number of pyridine rings is 1. The molecule has 0 radical (unpaired) electrons. The fourth-order valence-corrected chi connectivity index (χ4v) is 1.51. The monoisotopic (exact) mass is 248 g/mol. The number of nitrogens with zero attached hydrogens (tertiary/aromatic N) is 2. The summed E-state index contributed by atoms with van der Waals surface area (Å²) in [6, 6.07) is 7.81. The van der Waals surface area contributed by atoms with Crippen LogP contribution in [0.1, 0.15) is 10.5 Å². The first-order chi connectivity index (χ1) is 8.58. The number of rotatable bonds is 2. The standard InChI is InChI=1S/C13H10F2N2O/c1-17(11-7-9(14)6-10(15)8-11)13(18)12-4-2-3-5-16-12/h2-8H,1H3. The second-order valence-electron chi connectivity index (χ2n) is 3.71. The van der Waals surface area contributed by atoms with E-state index in [1.165, 1.54) is 19.3 Å². The zero-order valence-electron chi connectivity index (χ0n) is 9.60. The Hall–Kier alpha value is -2.30. The predicted octanol–water partition coefficient (Wildman–Crippen LogP) is 2.64. The lowest BCUT2D eigenvalue weighted by Gasteiger charge is -2.16. The molecule has 1 aromatic carbocycles. The van der Waals surface area contributed by atoms with E-state index in [1.54, 1.807) is 12.1 Å². The molecule has 2 rings (SSSR count). The third kappa shape index (κ3) is 2.51. The van der Waals surface area contributed by atoms with Crippen molar-refractivity contribution < 1.29 is 13.6 Å². The lowest BCUT2D eigenvalue weighted by atomic mass is 10.2. The van der Waals surface area contributed by atoms with Crippen molar-refractivity contribution >= 4 is 11.6 Å². The van der Waals surface area contributed by atoms with Gasteiger partial charge in [0.1, 0.15) is 17.3 Å². The van der Waals surface area contributed by atoms with E-state index in [1.807, 2.05) is 0 Å². The summed E-state index contributed by atoms with van der Waals surface area (Å²) < 4.78 is 26.1. The molecule has 18 heavy (non-hydrogen) atoms. The van der Waals surface area contributed by atoms with E-state index in [0.29, 0.717) is 0 Å². The smallest absolute Gasteiger partial charge is 0.276 e. The summed E-state index contributed by atoms with van der Waals surface area (Å²) in [6.07, 6.45) is 1.48. The predicted molar refractivity (Wildman–Crippen MR) is 63.3 cm³/mol. The van der Waals surface area contributed by atoms with Crippen molar-refractivity contribution in [2.75, 3.05) is 11.9 Å². The van der Waals surface area contributed by atoms with Gasteiger partial charge in [0.25, 0.3) is 5.91 Å². The molecule has 0 aliphatic carbocycles. The molecule has 1 heterocycles. The summed E-state index contributed by atoms with van der Waals surface area (Å²) in [5.41, 5.74) is 0.354. The molecule has 0 unspecified atom stereocenters. The zero-order valence-corrected chi connectivity index (χ0v) is 9.60. The van der Waals surface area contributed by atoms with Crippen LogP contribution in [-0.2, 0) is 0 Å². The summed E-state index contributed by atoms with van der Waals surface area (Å²) in [7, 11) is 1.44. The number of amides is 1. The van der Waals surface area contributed by atoms with Gasteiger partial charge in [-0.15, -0.1) is 0 Å². The average Bonchev–Trinajstić information content (AvgIpc) is 2.37. The van der Waals surface area contributed by atoms with Crippen molar-refractivity contribution in [3.8, 4) is 0 Å². The van der Waals surface area contributed by atoms with E-state index in [-0.39, 0.29) is 11.4 Å². The minimum atomic E-state index is -0.731. The molecule has 2 aromatic rings. The quantitative estimate of drug-likeness (QED) is 0.818. The number of carbonyl (C=O) groups is 1. The van der Waals surface area contributed by atoms with Crippen molar-refractivity contribution in [1.82, 2.24) is 4.98 Å². The Labute approximate surface area is 103 Å². The van der Waals surface area contributed by atoms with Gasteiger partial charge in [-0.1, -0.05) is 6.07 Å². The van der Waals surface area contributed by atoms with Crippen molar-refractivity contribution in [3.63, 3.8) is 0 Å². The normalized spacial score (nSPS) is 10.2. The van der Waals surface area contributed by atoms with Crippen molar-refractivity contribution in [2.24, 2.45) is 0 Å². The SMILES string of the molecule is CN(C(=O)c1ccccn1)c1cc(F)cc(F)c1. The summed E-state index contributed by atoms with van der Waals surface area (Å²) >= 11 is 0. The molecule has 0 saturated carbocycles. The molecule has 1 aromatic heterocycles. The number of halogens is 2. The third-order valence-electron chi connectivity index (χ3n) is 2.42. The second kappa shape index (κ2) is 4.91. The molecule has 0 N–H and O–H groups in total. The number of benzene rings is 1. The maximum absolute atomic E-state index is 13.1. The lowest BCUT2D eigenvalue weighted by Crippen LogP contribution is -2.27. The van der Waals surface area contributed by atoms with Crippen LogP contribution in [0.5, 0.6) is 0 Å². The van der Waals surface area contributed by atoms with Crippen LogP contribution in [0.4, 0.5) is 14.5 Å². The van der Waals surface area contributed by atoms with E-state index in [9.17, 15) is 13.6 Å². The van der Waals surface area contributed by atoms with E-state index in [4.69, 9.17) is 0 Å². The topological polar surface area (TPSA) is 33.2 Å². The summed E-state index contributed by atoms with van der Waals surface area (Å²) in [4.78, 5) is 17.0. The van der Waals surface area contributed by atoms with Gasteiger partial charge in [-0.2, -0.15) is 0 Å². The largest absolute Gasteiger partial charge is 0.310 e. The van der Waals surface area contributed by atoms with E-state index in [0.717, 1.165) is 23.1 Å². The molecule has 92 valence electrons. The van der Waals surface area contributed by atoms with Crippen molar-refractivity contribution in [3.05, 3.63) is 59.9 Å². The molecule has 0 aliphatic heterocycles. The molecule has 0 atom stereocenters. The molecule has 0 aliphatic rings. The highest BCUT2D eigenvalue weighted by molar-refractivity contribution is 6.04. The maximum Gasteiger partial charge on any atom is 0.276 e. The minimum absolute atomic E-state index is 0.142. The highest BCUT2D eigenvalue weighted by Crippen LogP contribution is 2.18. The van der Waals surface area contributed by atoms with Crippen LogP contribution in [-0.4, -0.2) is 17.9 Å². The van der Waals surface area contributed by atoms with Crippen LogP contribution in [0.3, 0.4) is 0 Å². The van der Waals surface area contributed by atoms with Crippen molar-refractivity contribution in [2.45, 2.75) is 0 Å². The van der Waals surface area contributed by atoms with Gasteiger partial charge in [-0.3, -0.25) is 9.78 Å². The highest BCUT2D eigenvalue weighted by atomic mass is 19.1. The number of anilines is 1. The average molecular weight is 248 g/mol. The fraction of sp³-hybridized carbons (Fsp3) is 0.0769. The molecular formula is C13H10F2N2O. The molecular weight excluding hydrogens is 238 g/mol. The van der Waals surface area contributed by atoms with Crippen LogP contribution in [0.15, 0.2) is 42.6 Å². The van der Waals surface area contributed by atoms with Gasteiger partial charge in [0.15, 0.2) is 0 Å². The Balaban J connectivity index is 2.31. The zero-order chi connectivity index (χ0) is 13.1. The molecule has 1 amide bonds. The Morgan fingerprint density at radius 1 is 1.17 bits per heavy atom. The number of hydrogen-bond acceptors (Lipinski definition) is 2. The van der Waals surface area contributed by atoms with Crippen molar-refractivity contribution in [1.29, 1.82) is 0 Å². The van der Waals surface area contributed by atoms with E-state index < -0.39 is 17.5 Å². The Morgan fingerprint density at radius 3 is 2.39 bits per heavy atom. The maximum atomic E-state index is 13.1. The van der Waals surface area contributed by atoms with Gasteiger partial charge >= 0.3 is 0 Å². The summed E-state index contributed by atoms with van der Waals surface area (Å²) in [6.45, 7) is 0. The van der Waals surface area contributed by atoms with Crippen LogP contribution in [0.2, 0.25) is 0 Å². The fourth-order valence-electron chi connectivity index (χ4n) is 1.51. The van der Waals surface area contributed by atoms with Crippen LogP contribution in [0, 0.1) is 11.6 Å². The van der Waals surface area contributed by atoms with Crippen LogP contribution < -0.4 is 4.90 Å². The first kappa shape index (κ1) is 12.2. The summed E-state index contributed by atoms with van der Waals surface area (Å²) in [5.74, 6) is -1.89. The summed E-state index contributed by atoms with van der Waals surface area (Å²) in [5, 5.41) is 0. The first-order valence-electron chi connectivity index (χ1n) is 5.23. The number of carbonyl (C=O) groups excluding carboxylic acids is 1. The third-order valence-corrected chi connectivity index (χ3v) is 2.42. The lowest BCUT2D eigenvalue weighted by molar-refractivity contribution is 0.0988. The van der Waals surface area contributed by atoms with Gasteiger partial charge in [0, 0.05) is 25.0 Å². The number of aromatic nitrogens is 1. The van der Waals surface area contributed by atoms with Crippen LogP contribution in [0.25, 0.3) is 0 Å². The molecule has 5 heteroatoms. The molecule has 0 bridgehead atoms. The highest BCUT2D eigenvalue weighted by Gasteiger charge is 2.15. The molecule has 0 fully saturated rings. The van der Waals surface area contributed by atoms with Gasteiger partial charge in [-0.25, -0.2) is 8.78 Å². The molecule has 0 saturated heterocycles. The Bertz CT molecular complexity index is 552. The van der Waals surface area contributed by atoms with Crippen LogP contribution >= 0.6 is 0 Å². The van der Waals surface area contributed by atoms with Gasteiger partial charge in [-0.05, 0) is 24.3 Å². The Kier molecular flexibility index (Phi) is 3.32. The molecule has 3 nitrogen and oxygen atoms in total. The first-order valence-corrected chi connectivity index (χ1v) is 5.23. The van der Waals surface area contributed by atoms with E-state index in [2.05, 4.69) is 4.98 Å². The molecule has 0 spiro atoms. The number of hydrogen-bond donors (Lipinski definition) is 0. The van der Waals surface area contributed by atoms with Gasteiger partial charge in [0.2, 0.25) is 0 Å².